The number of nitrogens with zero attached hydrogens (tertiary/aromatic N) is 4. The first-order valence-electron chi connectivity index (χ1n) is 11.2. The van der Waals surface area contributed by atoms with Crippen LogP contribution >= 0.6 is 46.6 Å². The first-order chi connectivity index (χ1) is 17.9. The molecule has 182 valence electrons. The topological polar surface area (TPSA) is 73.8 Å². The van der Waals surface area contributed by atoms with Gasteiger partial charge in [-0.25, -0.2) is 0 Å². The van der Waals surface area contributed by atoms with Crippen LogP contribution in [-0.4, -0.2) is 31.5 Å². The Morgan fingerprint density at radius 3 is 2.57 bits per heavy atom. The quantitative estimate of drug-likeness (QED) is 0.264. The summed E-state index contributed by atoms with van der Waals surface area (Å²) in [6.07, 6.45) is 3.64. The molecule has 10 heteroatoms. The first kappa shape index (κ1) is 24.0. The van der Waals surface area contributed by atoms with Crippen LogP contribution in [0.4, 0.5) is 0 Å². The molecule has 1 amide bonds. The summed E-state index contributed by atoms with van der Waals surface area (Å²) in [5, 5.41) is 18.2. The van der Waals surface area contributed by atoms with Crippen LogP contribution in [0.25, 0.3) is 17.0 Å². The summed E-state index contributed by atoms with van der Waals surface area (Å²) < 4.78 is 2.06. The molecule has 0 saturated carbocycles. The molecular formula is C27H16Cl3N5OS. The van der Waals surface area contributed by atoms with Gasteiger partial charge in [0.25, 0.3) is 5.91 Å². The Bertz CT molecular complexity index is 1720. The Labute approximate surface area is 231 Å². The van der Waals surface area contributed by atoms with Crippen LogP contribution in [0.1, 0.15) is 16.7 Å². The van der Waals surface area contributed by atoms with E-state index in [1.807, 2.05) is 54.7 Å². The fourth-order valence-corrected chi connectivity index (χ4v) is 5.93. The van der Waals surface area contributed by atoms with E-state index < -0.39 is 5.91 Å². The summed E-state index contributed by atoms with van der Waals surface area (Å²) in [6, 6.07) is 20.6. The fraction of sp³-hybridized carbons (Fsp3) is 0.0370. The molecular weight excluding hydrogens is 549 g/mol. The SMILES string of the molecule is N=C1C(=Cc2cn(Cc3ccc(Cl)cc3Cl)c3ccccc23)C(=O)N=C2SC(c3ccccc3Cl)=NN12. The van der Waals surface area contributed by atoms with E-state index in [1.54, 1.807) is 24.3 Å². The van der Waals surface area contributed by atoms with Crippen molar-refractivity contribution in [3.8, 4) is 0 Å². The number of hydrazone groups is 1. The number of carbonyl (C=O) groups is 1. The molecule has 0 saturated heterocycles. The number of para-hydroxylation sites is 1. The molecule has 4 aromatic rings. The summed E-state index contributed by atoms with van der Waals surface area (Å²) in [6.45, 7) is 0.516. The molecule has 3 heterocycles. The molecule has 3 aromatic carbocycles. The Kier molecular flexibility index (Phi) is 6.16. The fourth-order valence-electron chi connectivity index (χ4n) is 4.25. The normalized spacial score (nSPS) is 16.4. The number of aromatic nitrogens is 1. The van der Waals surface area contributed by atoms with Gasteiger partial charge in [-0.2, -0.15) is 15.1 Å². The molecule has 1 aromatic heterocycles. The maximum Gasteiger partial charge on any atom is 0.283 e. The van der Waals surface area contributed by atoms with Crippen molar-refractivity contribution in [2.75, 3.05) is 0 Å². The second kappa shape index (κ2) is 9.50. The van der Waals surface area contributed by atoms with Gasteiger partial charge in [0, 0.05) is 44.8 Å². The van der Waals surface area contributed by atoms with Crippen molar-refractivity contribution in [3.63, 3.8) is 0 Å². The third-order valence-electron chi connectivity index (χ3n) is 6.03. The minimum Gasteiger partial charge on any atom is -0.342 e. The van der Waals surface area contributed by atoms with Crippen LogP contribution in [0.3, 0.4) is 0 Å². The van der Waals surface area contributed by atoms with Gasteiger partial charge in [0.15, 0.2) is 5.84 Å². The minimum absolute atomic E-state index is 0.0397. The molecule has 2 aliphatic rings. The number of hydrogen-bond donors (Lipinski definition) is 1. The second-order valence-corrected chi connectivity index (χ2v) is 10.6. The van der Waals surface area contributed by atoms with Crippen molar-refractivity contribution in [1.82, 2.24) is 9.58 Å². The molecule has 1 N–H and O–H groups in total. The van der Waals surface area contributed by atoms with E-state index in [9.17, 15) is 4.79 Å². The average Bonchev–Trinajstić information content (AvgIpc) is 3.45. The lowest BCUT2D eigenvalue weighted by Crippen LogP contribution is -2.35. The Balaban J connectivity index is 1.38. The Hall–Kier alpha value is -3.36. The molecule has 0 bridgehead atoms. The number of hydrogen-bond acceptors (Lipinski definition) is 4. The van der Waals surface area contributed by atoms with Gasteiger partial charge >= 0.3 is 0 Å². The number of amides is 1. The van der Waals surface area contributed by atoms with Crippen molar-refractivity contribution < 1.29 is 4.79 Å². The zero-order chi connectivity index (χ0) is 25.7. The molecule has 6 nitrogen and oxygen atoms in total. The zero-order valence-electron chi connectivity index (χ0n) is 19.0. The number of fused-ring (bicyclic) bond motifs is 2. The lowest BCUT2D eigenvalue weighted by molar-refractivity contribution is -0.114. The van der Waals surface area contributed by atoms with Crippen molar-refractivity contribution in [1.29, 1.82) is 5.41 Å². The number of amidine groups is 2. The number of thioether (sulfide) groups is 1. The third-order valence-corrected chi connectivity index (χ3v) is 7.89. The molecule has 0 aliphatic carbocycles. The Morgan fingerprint density at radius 2 is 1.76 bits per heavy atom. The third kappa shape index (κ3) is 4.38. The number of benzene rings is 3. The van der Waals surface area contributed by atoms with E-state index in [1.165, 1.54) is 16.8 Å². The van der Waals surface area contributed by atoms with Crippen LogP contribution in [0, 0.1) is 5.41 Å². The monoisotopic (exact) mass is 563 g/mol. The molecule has 0 radical (unpaired) electrons. The molecule has 0 spiro atoms. The van der Waals surface area contributed by atoms with Gasteiger partial charge in [-0.1, -0.05) is 77.3 Å². The number of carbonyl (C=O) groups excluding carboxylic acids is 1. The van der Waals surface area contributed by atoms with Gasteiger partial charge in [0.2, 0.25) is 5.17 Å². The largest absolute Gasteiger partial charge is 0.342 e. The summed E-state index contributed by atoms with van der Waals surface area (Å²) in [5.41, 5.74) is 3.55. The predicted octanol–water partition coefficient (Wildman–Crippen LogP) is 7.32. The number of halogens is 3. The standard InChI is InChI=1S/C27H16Cl3N5OS/c28-17-10-9-15(22(30)12-17)13-34-14-16(18-5-2-4-8-23(18)34)11-20-24(31)35-27(32-25(20)36)37-26(33-35)19-6-1-3-7-21(19)29/h1-12,14,31H,13H2. The number of rotatable bonds is 4. The van der Waals surface area contributed by atoms with Gasteiger partial charge in [0.1, 0.15) is 5.04 Å². The molecule has 6 rings (SSSR count). The van der Waals surface area contributed by atoms with E-state index in [2.05, 4.69) is 14.7 Å². The highest BCUT2D eigenvalue weighted by molar-refractivity contribution is 8.27. The zero-order valence-corrected chi connectivity index (χ0v) is 22.0. The molecule has 37 heavy (non-hydrogen) atoms. The number of nitrogens with one attached hydrogen (secondary N) is 1. The summed E-state index contributed by atoms with van der Waals surface area (Å²) in [7, 11) is 0. The van der Waals surface area contributed by atoms with Crippen molar-refractivity contribution >= 4 is 85.5 Å². The van der Waals surface area contributed by atoms with Gasteiger partial charge in [0.05, 0.1) is 10.6 Å². The van der Waals surface area contributed by atoms with E-state index >= 15 is 0 Å². The van der Waals surface area contributed by atoms with E-state index in [-0.39, 0.29) is 11.4 Å². The van der Waals surface area contributed by atoms with Crippen LogP contribution in [0.5, 0.6) is 0 Å². The maximum atomic E-state index is 13.0. The predicted molar refractivity (Wildman–Crippen MR) is 153 cm³/mol. The second-order valence-electron chi connectivity index (χ2n) is 8.37. The summed E-state index contributed by atoms with van der Waals surface area (Å²) in [4.78, 5) is 17.2. The van der Waals surface area contributed by atoms with Gasteiger partial charge in [-0.05, 0) is 47.7 Å². The van der Waals surface area contributed by atoms with Crippen LogP contribution in [-0.2, 0) is 11.3 Å². The minimum atomic E-state index is -0.489. The number of aliphatic imine (C=N–C) groups is 1. The maximum absolute atomic E-state index is 13.0. The summed E-state index contributed by atoms with van der Waals surface area (Å²) >= 11 is 20.0. The van der Waals surface area contributed by atoms with Crippen molar-refractivity contribution in [3.05, 3.63) is 110 Å². The van der Waals surface area contributed by atoms with Crippen molar-refractivity contribution in [2.24, 2.45) is 10.1 Å². The lowest BCUT2D eigenvalue weighted by Gasteiger charge is -2.20. The van der Waals surface area contributed by atoms with E-state index in [0.29, 0.717) is 31.8 Å². The Morgan fingerprint density at radius 1 is 0.973 bits per heavy atom. The van der Waals surface area contributed by atoms with Gasteiger partial charge in [-0.15, -0.1) is 0 Å². The van der Waals surface area contributed by atoms with E-state index in [0.717, 1.165) is 27.6 Å². The van der Waals surface area contributed by atoms with Crippen LogP contribution in [0.15, 0.2) is 88.6 Å². The first-order valence-corrected chi connectivity index (χ1v) is 13.1. The smallest absolute Gasteiger partial charge is 0.283 e. The van der Waals surface area contributed by atoms with E-state index in [4.69, 9.17) is 40.2 Å². The highest BCUT2D eigenvalue weighted by atomic mass is 35.5. The molecule has 0 atom stereocenters. The van der Waals surface area contributed by atoms with Crippen LogP contribution < -0.4 is 0 Å². The average molecular weight is 565 g/mol. The van der Waals surface area contributed by atoms with Crippen molar-refractivity contribution in [2.45, 2.75) is 6.54 Å². The molecule has 0 unspecified atom stereocenters. The lowest BCUT2D eigenvalue weighted by atomic mass is 10.1. The van der Waals surface area contributed by atoms with Gasteiger partial charge < -0.3 is 4.57 Å². The summed E-state index contributed by atoms with van der Waals surface area (Å²) in [5.74, 6) is -0.529. The van der Waals surface area contributed by atoms with Gasteiger partial charge in [-0.3, -0.25) is 10.2 Å². The van der Waals surface area contributed by atoms with Crippen LogP contribution in [0.2, 0.25) is 15.1 Å². The molecule has 2 aliphatic heterocycles. The highest BCUT2D eigenvalue weighted by Gasteiger charge is 2.36. The molecule has 0 fully saturated rings. The highest BCUT2D eigenvalue weighted by Crippen LogP contribution is 2.34.